The second-order valence-corrected chi connectivity index (χ2v) is 3.43. The number of hydrogen-bond acceptors (Lipinski definition) is 1. The van der Waals surface area contributed by atoms with Gasteiger partial charge in [0.2, 0.25) is 0 Å². The van der Waals surface area contributed by atoms with Crippen molar-refractivity contribution in [3.05, 3.63) is 0 Å². The van der Waals surface area contributed by atoms with Crippen molar-refractivity contribution in [3.63, 3.8) is 0 Å². The summed E-state index contributed by atoms with van der Waals surface area (Å²) in [5.74, 6) is 0. The first-order chi connectivity index (χ1) is 3.39. The predicted octanol–water partition coefficient (Wildman–Crippen LogP) is 1.18. The van der Waals surface area contributed by atoms with Gasteiger partial charge in [-0.2, -0.15) is 0 Å². The van der Waals surface area contributed by atoms with Crippen LogP contribution in [0.4, 0.5) is 0 Å². The van der Waals surface area contributed by atoms with Gasteiger partial charge in [-0.15, -0.1) is 11.6 Å². The molecule has 1 aliphatic rings. The van der Waals surface area contributed by atoms with Crippen molar-refractivity contribution in [2.45, 2.75) is 11.8 Å². The lowest BCUT2D eigenvalue weighted by molar-refractivity contribution is 0.754. The minimum absolute atomic E-state index is 0.458. The molecule has 1 N–H and O–H groups in total. The van der Waals surface area contributed by atoms with Gasteiger partial charge < -0.3 is 0 Å². The first-order valence-corrected chi connectivity index (χ1v) is 4.14. The minimum Gasteiger partial charge on any atom is -0.298 e. The molecule has 1 heterocycles. The molecule has 0 spiro atoms. The second kappa shape index (κ2) is 2.86. The molecule has 7 heavy (non-hydrogen) atoms. The first-order valence-electron chi connectivity index (χ1n) is 2.49. The Labute approximate surface area is 50.7 Å². The highest BCUT2D eigenvalue weighted by Crippen LogP contribution is 2.17. The van der Waals surface area contributed by atoms with E-state index >= 15 is 0 Å². The van der Waals surface area contributed by atoms with Crippen molar-refractivity contribution in [1.82, 2.24) is 5.09 Å². The van der Waals surface area contributed by atoms with E-state index in [0.29, 0.717) is 5.38 Å². The molecule has 0 bridgehead atoms. The Hall–Kier alpha value is 0.680. The maximum Gasteiger partial charge on any atom is 0.0396 e. The van der Waals surface area contributed by atoms with Crippen molar-refractivity contribution in [3.8, 4) is 0 Å². The van der Waals surface area contributed by atoms with Crippen molar-refractivity contribution in [1.29, 1.82) is 0 Å². The molecule has 0 saturated carbocycles. The SMILES string of the molecule is ClC1CCNPC1. The molecule has 42 valence electrons. The smallest absolute Gasteiger partial charge is 0.0396 e. The standard InChI is InChI=1S/C4H9ClNP/c5-4-1-2-6-7-3-4/h4,6-7H,1-3H2. The van der Waals surface area contributed by atoms with E-state index < -0.39 is 0 Å². The van der Waals surface area contributed by atoms with Gasteiger partial charge in [0.1, 0.15) is 0 Å². The summed E-state index contributed by atoms with van der Waals surface area (Å²) in [6.45, 7) is 1.12. The minimum atomic E-state index is 0.458. The maximum absolute atomic E-state index is 5.78. The van der Waals surface area contributed by atoms with Crippen LogP contribution in [0.1, 0.15) is 6.42 Å². The lowest BCUT2D eigenvalue weighted by Gasteiger charge is -2.15. The van der Waals surface area contributed by atoms with E-state index in [1.54, 1.807) is 0 Å². The van der Waals surface area contributed by atoms with E-state index in [-0.39, 0.29) is 0 Å². The highest BCUT2D eigenvalue weighted by atomic mass is 35.5. The van der Waals surface area contributed by atoms with Gasteiger partial charge in [-0.05, 0) is 12.6 Å². The van der Waals surface area contributed by atoms with Crippen LogP contribution in [0.15, 0.2) is 0 Å². The quantitative estimate of drug-likeness (QED) is 0.391. The van der Waals surface area contributed by atoms with E-state index in [1.165, 1.54) is 6.16 Å². The zero-order valence-corrected chi connectivity index (χ0v) is 5.83. The molecule has 2 unspecified atom stereocenters. The Morgan fingerprint density at radius 2 is 2.57 bits per heavy atom. The third-order valence-corrected chi connectivity index (χ3v) is 2.86. The Morgan fingerprint density at radius 3 is 2.86 bits per heavy atom. The van der Waals surface area contributed by atoms with Gasteiger partial charge in [0.25, 0.3) is 0 Å². The predicted molar refractivity (Wildman–Crippen MR) is 35.4 cm³/mol. The summed E-state index contributed by atoms with van der Waals surface area (Å²) in [6.07, 6.45) is 2.32. The summed E-state index contributed by atoms with van der Waals surface area (Å²) in [5.41, 5.74) is 0. The third-order valence-electron chi connectivity index (χ3n) is 1.03. The molecular weight excluding hydrogens is 128 g/mol. The average molecular weight is 138 g/mol. The maximum atomic E-state index is 5.78. The van der Waals surface area contributed by atoms with Crippen LogP contribution >= 0.6 is 20.3 Å². The number of hydrogen-bond donors (Lipinski definition) is 1. The second-order valence-electron chi connectivity index (χ2n) is 1.69. The molecule has 1 rings (SSSR count). The van der Waals surface area contributed by atoms with E-state index in [4.69, 9.17) is 11.6 Å². The molecular formula is C4H9ClNP. The van der Waals surface area contributed by atoms with Crippen LogP contribution in [0, 0.1) is 0 Å². The largest absolute Gasteiger partial charge is 0.298 e. The average Bonchev–Trinajstić information content (AvgIpc) is 1.69. The van der Waals surface area contributed by atoms with E-state index in [1.807, 2.05) is 0 Å². The zero-order chi connectivity index (χ0) is 5.11. The summed E-state index contributed by atoms with van der Waals surface area (Å²) in [5, 5.41) is 3.72. The zero-order valence-electron chi connectivity index (χ0n) is 4.08. The topological polar surface area (TPSA) is 12.0 Å². The lowest BCUT2D eigenvalue weighted by atomic mass is 10.3. The molecule has 0 radical (unpaired) electrons. The van der Waals surface area contributed by atoms with Crippen LogP contribution < -0.4 is 5.09 Å². The van der Waals surface area contributed by atoms with Crippen molar-refractivity contribution < 1.29 is 0 Å². The molecule has 0 aromatic rings. The van der Waals surface area contributed by atoms with E-state index in [9.17, 15) is 0 Å². The molecule has 2 atom stereocenters. The molecule has 1 fully saturated rings. The van der Waals surface area contributed by atoms with Crippen molar-refractivity contribution in [2.24, 2.45) is 0 Å². The number of halogens is 1. The van der Waals surface area contributed by atoms with Crippen LogP contribution in [0.25, 0.3) is 0 Å². The third kappa shape index (κ3) is 1.94. The fourth-order valence-electron chi connectivity index (χ4n) is 0.602. The summed E-state index contributed by atoms with van der Waals surface area (Å²) >= 11 is 5.78. The summed E-state index contributed by atoms with van der Waals surface area (Å²) in [6, 6.07) is 0. The van der Waals surface area contributed by atoms with Gasteiger partial charge in [-0.3, -0.25) is 5.09 Å². The lowest BCUT2D eigenvalue weighted by Crippen LogP contribution is -2.19. The van der Waals surface area contributed by atoms with Gasteiger partial charge in [-0.1, -0.05) is 8.73 Å². The van der Waals surface area contributed by atoms with Crippen molar-refractivity contribution in [2.75, 3.05) is 12.7 Å². The summed E-state index contributed by atoms with van der Waals surface area (Å²) in [4.78, 5) is 0. The molecule has 1 nitrogen and oxygen atoms in total. The molecule has 0 aromatic carbocycles. The van der Waals surface area contributed by atoms with Crippen LogP contribution in [-0.2, 0) is 0 Å². The Balaban J connectivity index is 2.12. The highest BCUT2D eigenvalue weighted by molar-refractivity contribution is 7.35. The Bertz CT molecular complexity index is 53.7. The first kappa shape index (κ1) is 5.81. The Kier molecular flexibility index (Phi) is 2.37. The number of rotatable bonds is 0. The van der Waals surface area contributed by atoms with E-state index in [2.05, 4.69) is 5.09 Å². The van der Waals surface area contributed by atoms with Crippen LogP contribution in [0.5, 0.6) is 0 Å². The molecule has 0 amide bonds. The van der Waals surface area contributed by atoms with Crippen molar-refractivity contribution >= 4 is 20.3 Å². The fourth-order valence-corrected chi connectivity index (χ4v) is 1.83. The number of alkyl halides is 1. The van der Waals surface area contributed by atoms with Crippen LogP contribution in [-0.4, -0.2) is 18.1 Å². The molecule has 1 aliphatic heterocycles. The van der Waals surface area contributed by atoms with E-state index in [0.717, 1.165) is 21.7 Å². The van der Waals surface area contributed by atoms with Crippen LogP contribution in [0.2, 0.25) is 0 Å². The van der Waals surface area contributed by atoms with Gasteiger partial charge in [-0.25, -0.2) is 0 Å². The van der Waals surface area contributed by atoms with Gasteiger partial charge >= 0.3 is 0 Å². The monoisotopic (exact) mass is 137 g/mol. The molecule has 0 aliphatic carbocycles. The normalized spacial score (nSPS) is 36.4. The van der Waals surface area contributed by atoms with Gasteiger partial charge in [0, 0.05) is 11.9 Å². The van der Waals surface area contributed by atoms with Crippen LogP contribution in [0.3, 0.4) is 0 Å². The summed E-state index contributed by atoms with van der Waals surface area (Å²) < 4.78 is 0. The number of nitrogens with one attached hydrogen (secondary N) is 1. The van der Waals surface area contributed by atoms with Gasteiger partial charge in [0.15, 0.2) is 0 Å². The Morgan fingerprint density at radius 1 is 1.71 bits per heavy atom. The molecule has 1 saturated heterocycles. The molecule has 0 aromatic heterocycles. The molecule has 3 heteroatoms. The highest BCUT2D eigenvalue weighted by Gasteiger charge is 2.07. The van der Waals surface area contributed by atoms with Gasteiger partial charge in [0.05, 0.1) is 0 Å². The fraction of sp³-hybridized carbons (Fsp3) is 1.00. The summed E-state index contributed by atoms with van der Waals surface area (Å²) in [7, 11) is 0.900.